The largest absolute Gasteiger partial charge is 0.486 e. The molecule has 0 bridgehead atoms. The highest BCUT2D eigenvalue weighted by Gasteiger charge is 2.42. The Kier molecular flexibility index (Phi) is 3.11. The van der Waals surface area contributed by atoms with Gasteiger partial charge >= 0.3 is 0 Å². The Hall–Kier alpha value is -2.86. The summed E-state index contributed by atoms with van der Waals surface area (Å²) in [6.07, 6.45) is 0.322. The molecule has 0 saturated heterocycles. The number of nitro benzene ring substituents is 1. The van der Waals surface area contributed by atoms with Gasteiger partial charge in [0, 0.05) is 18.6 Å². The van der Waals surface area contributed by atoms with E-state index in [9.17, 15) is 15.2 Å². The molecule has 6 nitrogen and oxygen atoms in total. The zero-order valence-electron chi connectivity index (χ0n) is 12.8. The van der Waals surface area contributed by atoms with Crippen molar-refractivity contribution in [1.82, 2.24) is 0 Å². The van der Waals surface area contributed by atoms with Crippen molar-refractivity contribution in [3.8, 4) is 11.5 Å². The molecule has 1 heterocycles. The number of rotatable bonds is 2. The van der Waals surface area contributed by atoms with Crippen molar-refractivity contribution in [2.24, 2.45) is 0 Å². The Labute approximate surface area is 138 Å². The van der Waals surface area contributed by atoms with Crippen LogP contribution in [0.3, 0.4) is 0 Å². The Morgan fingerprint density at radius 1 is 1.12 bits per heavy atom. The Morgan fingerprint density at radius 2 is 1.75 bits per heavy atom. The van der Waals surface area contributed by atoms with Gasteiger partial charge in [-0.1, -0.05) is 6.58 Å². The predicted octanol–water partition coefficient (Wildman–Crippen LogP) is 3.02. The van der Waals surface area contributed by atoms with Crippen LogP contribution in [0.5, 0.6) is 11.5 Å². The summed E-state index contributed by atoms with van der Waals surface area (Å²) in [7, 11) is 0. The summed E-state index contributed by atoms with van der Waals surface area (Å²) in [5, 5.41) is 22.1. The first-order valence-corrected chi connectivity index (χ1v) is 7.58. The van der Waals surface area contributed by atoms with Gasteiger partial charge in [0.25, 0.3) is 5.69 Å². The van der Waals surface area contributed by atoms with Crippen molar-refractivity contribution in [2.45, 2.75) is 12.0 Å². The molecule has 122 valence electrons. The van der Waals surface area contributed by atoms with Crippen LogP contribution < -0.4 is 9.47 Å². The second-order valence-corrected chi connectivity index (χ2v) is 5.99. The van der Waals surface area contributed by atoms with Gasteiger partial charge < -0.3 is 14.6 Å². The smallest absolute Gasteiger partial charge is 0.269 e. The molecular weight excluding hydrogens is 310 g/mol. The van der Waals surface area contributed by atoms with Crippen molar-refractivity contribution in [1.29, 1.82) is 0 Å². The molecule has 1 N–H and O–H groups in total. The maximum absolute atomic E-state index is 11.3. The number of nitrogens with zero attached hydrogens (tertiary/aromatic N) is 1. The monoisotopic (exact) mass is 325 g/mol. The Morgan fingerprint density at radius 3 is 2.38 bits per heavy atom. The minimum absolute atomic E-state index is 0.0124. The number of benzene rings is 2. The van der Waals surface area contributed by atoms with Gasteiger partial charge in [0.2, 0.25) is 0 Å². The topological polar surface area (TPSA) is 81.8 Å². The fourth-order valence-corrected chi connectivity index (χ4v) is 3.34. The van der Waals surface area contributed by atoms with Gasteiger partial charge in [0.15, 0.2) is 11.5 Å². The lowest BCUT2D eigenvalue weighted by Crippen LogP contribution is -2.24. The molecular formula is C18H15NO5. The van der Waals surface area contributed by atoms with E-state index in [-0.39, 0.29) is 5.69 Å². The van der Waals surface area contributed by atoms with Crippen LogP contribution in [0, 0.1) is 10.1 Å². The molecule has 24 heavy (non-hydrogen) atoms. The minimum Gasteiger partial charge on any atom is -0.486 e. The maximum atomic E-state index is 11.3. The zero-order valence-corrected chi connectivity index (χ0v) is 12.8. The van der Waals surface area contributed by atoms with Crippen molar-refractivity contribution >= 4 is 11.3 Å². The second kappa shape index (κ2) is 5.07. The average molecular weight is 325 g/mol. The summed E-state index contributed by atoms with van der Waals surface area (Å²) in [5.74, 6) is 1.24. The van der Waals surface area contributed by atoms with Crippen LogP contribution in [-0.4, -0.2) is 23.2 Å². The molecule has 0 aromatic heterocycles. The van der Waals surface area contributed by atoms with E-state index in [0.29, 0.717) is 42.3 Å². The van der Waals surface area contributed by atoms with Crippen LogP contribution >= 0.6 is 0 Å². The van der Waals surface area contributed by atoms with E-state index >= 15 is 0 Å². The lowest BCUT2D eigenvalue weighted by molar-refractivity contribution is -0.384. The first-order chi connectivity index (χ1) is 11.5. The second-order valence-electron chi connectivity index (χ2n) is 5.99. The van der Waals surface area contributed by atoms with Gasteiger partial charge in [-0.15, -0.1) is 0 Å². The summed E-state index contributed by atoms with van der Waals surface area (Å²) in [5.41, 5.74) is 1.61. The van der Waals surface area contributed by atoms with Gasteiger partial charge in [0.05, 0.1) is 4.92 Å². The van der Waals surface area contributed by atoms with Crippen LogP contribution in [0.1, 0.15) is 23.1 Å². The Bertz CT molecular complexity index is 858. The third kappa shape index (κ3) is 2.07. The number of non-ortho nitro benzene ring substituents is 1. The zero-order chi connectivity index (χ0) is 16.9. The fourth-order valence-electron chi connectivity index (χ4n) is 3.34. The average Bonchev–Trinajstić information content (AvgIpc) is 2.84. The lowest BCUT2D eigenvalue weighted by atomic mass is 9.87. The van der Waals surface area contributed by atoms with Crippen LogP contribution in [-0.2, 0) is 5.60 Å². The van der Waals surface area contributed by atoms with E-state index in [4.69, 9.17) is 9.47 Å². The predicted molar refractivity (Wildman–Crippen MR) is 87.2 cm³/mol. The molecule has 0 saturated carbocycles. The van der Waals surface area contributed by atoms with Gasteiger partial charge in [0.1, 0.15) is 18.8 Å². The van der Waals surface area contributed by atoms with Crippen LogP contribution in [0.4, 0.5) is 5.69 Å². The lowest BCUT2D eigenvalue weighted by Gasteiger charge is -2.26. The molecule has 0 fully saturated rings. The molecule has 0 amide bonds. The Balaban J connectivity index is 1.83. The summed E-state index contributed by atoms with van der Waals surface area (Å²) in [4.78, 5) is 10.4. The molecule has 1 atom stereocenters. The molecule has 0 radical (unpaired) electrons. The number of aliphatic hydroxyl groups is 1. The van der Waals surface area contributed by atoms with E-state index in [2.05, 4.69) is 6.58 Å². The van der Waals surface area contributed by atoms with Gasteiger partial charge in [-0.3, -0.25) is 10.1 Å². The van der Waals surface area contributed by atoms with E-state index in [0.717, 1.165) is 11.1 Å². The van der Waals surface area contributed by atoms with Gasteiger partial charge in [-0.05, 0) is 46.5 Å². The quantitative estimate of drug-likeness (QED) is 0.678. The molecule has 6 heteroatoms. The highest BCUT2D eigenvalue weighted by molar-refractivity contribution is 5.77. The number of hydrogen-bond acceptors (Lipinski definition) is 5. The summed E-state index contributed by atoms with van der Waals surface area (Å²) in [6.45, 7) is 5.00. The molecule has 0 spiro atoms. The van der Waals surface area contributed by atoms with E-state index in [1.54, 1.807) is 18.2 Å². The highest BCUT2D eigenvalue weighted by Crippen LogP contribution is 2.51. The van der Waals surface area contributed by atoms with Crippen molar-refractivity contribution in [3.05, 3.63) is 69.8 Å². The van der Waals surface area contributed by atoms with Crippen LogP contribution in [0.15, 0.2) is 43.0 Å². The van der Waals surface area contributed by atoms with Crippen molar-refractivity contribution < 1.29 is 19.5 Å². The summed E-state index contributed by atoms with van der Waals surface area (Å²) < 4.78 is 11.2. The van der Waals surface area contributed by atoms with Gasteiger partial charge in [-0.2, -0.15) is 0 Å². The van der Waals surface area contributed by atoms with E-state index in [1.807, 2.05) is 6.07 Å². The normalized spacial score (nSPS) is 21.5. The molecule has 1 aliphatic carbocycles. The molecule has 4 rings (SSSR count). The summed E-state index contributed by atoms with van der Waals surface area (Å²) >= 11 is 0. The summed E-state index contributed by atoms with van der Waals surface area (Å²) in [6, 6.07) is 9.58. The molecule has 1 aliphatic heterocycles. The number of nitro groups is 1. The molecule has 1 unspecified atom stereocenters. The van der Waals surface area contributed by atoms with Crippen LogP contribution in [0.2, 0.25) is 0 Å². The van der Waals surface area contributed by atoms with E-state index in [1.165, 1.54) is 12.1 Å². The molecule has 2 aromatic rings. The number of fused-ring (bicyclic) bond motifs is 2. The molecule has 2 aliphatic rings. The standard InChI is InChI=1S/C18H15NO5/c1-11-10-18(20,12-2-4-13(5-3-12)19(21)22)15-9-17-16(8-14(11)15)23-6-7-24-17/h2-5,8-9,20H,1,6-7,10H2. The molecule has 2 aromatic carbocycles. The highest BCUT2D eigenvalue weighted by atomic mass is 16.6. The maximum Gasteiger partial charge on any atom is 0.269 e. The third-order valence-corrected chi connectivity index (χ3v) is 4.53. The number of ether oxygens (including phenoxy) is 2. The van der Waals surface area contributed by atoms with Crippen molar-refractivity contribution in [2.75, 3.05) is 13.2 Å². The first kappa shape index (κ1) is 14.7. The third-order valence-electron chi connectivity index (χ3n) is 4.53. The van der Waals surface area contributed by atoms with Gasteiger partial charge in [-0.25, -0.2) is 0 Å². The number of hydrogen-bond donors (Lipinski definition) is 1. The van der Waals surface area contributed by atoms with Crippen molar-refractivity contribution in [3.63, 3.8) is 0 Å². The van der Waals surface area contributed by atoms with Crippen LogP contribution in [0.25, 0.3) is 5.57 Å². The van der Waals surface area contributed by atoms with E-state index < -0.39 is 10.5 Å². The first-order valence-electron chi connectivity index (χ1n) is 7.58. The fraction of sp³-hybridized carbons (Fsp3) is 0.222. The minimum atomic E-state index is -1.28. The SMILES string of the molecule is C=C1CC(O)(c2ccc([N+](=O)[O-])cc2)c2cc3c(cc21)OCCO3.